The summed E-state index contributed by atoms with van der Waals surface area (Å²) in [6.07, 6.45) is 1.52. The Kier molecular flexibility index (Phi) is 5.00. The third-order valence-electron chi connectivity index (χ3n) is 2.42. The second-order valence-electron chi connectivity index (χ2n) is 4.44. The summed E-state index contributed by atoms with van der Waals surface area (Å²) in [6.45, 7) is 6.24. The molecule has 0 aliphatic carbocycles. The Morgan fingerprint density at radius 1 is 1.44 bits per heavy atom. The molecule has 0 aromatic heterocycles. The topological polar surface area (TPSA) is 29.1 Å². The monoisotopic (exact) mass is 283 g/mol. The fraction of sp³-hybridized carbons (Fsp3) is 0.462. The molecule has 1 aromatic carbocycles. The van der Waals surface area contributed by atoms with Crippen molar-refractivity contribution in [3.8, 4) is 0 Å². The van der Waals surface area contributed by atoms with Crippen LogP contribution < -0.4 is 5.32 Å². The van der Waals surface area contributed by atoms with Gasteiger partial charge in [-0.15, -0.1) is 0 Å². The highest BCUT2D eigenvalue weighted by Crippen LogP contribution is 2.21. The van der Waals surface area contributed by atoms with Gasteiger partial charge >= 0.3 is 0 Å². The molecule has 0 saturated carbocycles. The molecule has 0 saturated heterocycles. The van der Waals surface area contributed by atoms with Gasteiger partial charge in [0.15, 0.2) is 0 Å². The summed E-state index contributed by atoms with van der Waals surface area (Å²) in [5.74, 6) is 0.657. The number of hydrogen-bond donors (Lipinski definition) is 1. The van der Waals surface area contributed by atoms with Crippen LogP contribution in [0.2, 0.25) is 0 Å². The standard InChI is InChI=1S/C13H18BrNO/c1-9(2)4-7-13(16)15-12-8-11(14)6-5-10(12)3/h5-6,8-9H,4,7H2,1-3H3,(H,15,16). The van der Waals surface area contributed by atoms with Gasteiger partial charge in [0.2, 0.25) is 5.91 Å². The number of anilines is 1. The highest BCUT2D eigenvalue weighted by Gasteiger charge is 2.06. The third-order valence-corrected chi connectivity index (χ3v) is 2.92. The van der Waals surface area contributed by atoms with E-state index in [4.69, 9.17) is 0 Å². The number of benzene rings is 1. The lowest BCUT2D eigenvalue weighted by Crippen LogP contribution is -2.13. The van der Waals surface area contributed by atoms with Gasteiger partial charge in [-0.05, 0) is 37.0 Å². The molecule has 16 heavy (non-hydrogen) atoms. The van der Waals surface area contributed by atoms with Crippen molar-refractivity contribution in [1.82, 2.24) is 0 Å². The van der Waals surface area contributed by atoms with Crippen LogP contribution in [-0.2, 0) is 4.79 Å². The minimum Gasteiger partial charge on any atom is -0.326 e. The van der Waals surface area contributed by atoms with Crippen LogP contribution in [0, 0.1) is 12.8 Å². The Morgan fingerprint density at radius 2 is 2.12 bits per heavy atom. The van der Waals surface area contributed by atoms with Crippen LogP contribution in [0.15, 0.2) is 22.7 Å². The molecule has 1 amide bonds. The van der Waals surface area contributed by atoms with E-state index in [0.29, 0.717) is 12.3 Å². The number of carbonyl (C=O) groups excluding carboxylic acids is 1. The lowest BCUT2D eigenvalue weighted by atomic mass is 10.1. The van der Waals surface area contributed by atoms with Gasteiger partial charge in [0.25, 0.3) is 0 Å². The van der Waals surface area contributed by atoms with Gasteiger partial charge in [0.05, 0.1) is 0 Å². The fourth-order valence-electron chi connectivity index (χ4n) is 1.36. The van der Waals surface area contributed by atoms with Crippen molar-refractivity contribution in [3.05, 3.63) is 28.2 Å². The smallest absolute Gasteiger partial charge is 0.224 e. The first-order chi connectivity index (χ1) is 7.49. The third kappa shape index (κ3) is 4.35. The van der Waals surface area contributed by atoms with Crippen LogP contribution in [0.25, 0.3) is 0 Å². The molecule has 2 nitrogen and oxygen atoms in total. The molecule has 0 bridgehead atoms. The molecule has 1 rings (SSSR count). The number of rotatable bonds is 4. The lowest BCUT2D eigenvalue weighted by molar-refractivity contribution is -0.116. The number of nitrogens with one attached hydrogen (secondary N) is 1. The molecule has 0 fully saturated rings. The first-order valence-corrected chi connectivity index (χ1v) is 6.34. The summed E-state index contributed by atoms with van der Waals surface area (Å²) in [5.41, 5.74) is 1.98. The van der Waals surface area contributed by atoms with Crippen molar-refractivity contribution >= 4 is 27.5 Å². The van der Waals surface area contributed by atoms with E-state index in [0.717, 1.165) is 22.1 Å². The zero-order valence-corrected chi connectivity index (χ0v) is 11.6. The van der Waals surface area contributed by atoms with Crippen LogP contribution in [0.1, 0.15) is 32.3 Å². The quantitative estimate of drug-likeness (QED) is 0.884. The first kappa shape index (κ1) is 13.2. The van der Waals surface area contributed by atoms with Crippen molar-refractivity contribution in [2.24, 2.45) is 5.92 Å². The summed E-state index contributed by atoms with van der Waals surface area (Å²) >= 11 is 3.40. The number of halogens is 1. The van der Waals surface area contributed by atoms with Crippen molar-refractivity contribution in [2.75, 3.05) is 5.32 Å². The van der Waals surface area contributed by atoms with E-state index in [2.05, 4.69) is 35.1 Å². The predicted octanol–water partition coefficient (Wildman–Crippen LogP) is 4.13. The maximum absolute atomic E-state index is 11.7. The van der Waals surface area contributed by atoms with E-state index in [9.17, 15) is 4.79 Å². The highest BCUT2D eigenvalue weighted by molar-refractivity contribution is 9.10. The largest absolute Gasteiger partial charge is 0.326 e. The highest BCUT2D eigenvalue weighted by atomic mass is 79.9. The molecule has 0 radical (unpaired) electrons. The minimum atomic E-state index is 0.0925. The number of hydrogen-bond acceptors (Lipinski definition) is 1. The van der Waals surface area contributed by atoms with E-state index < -0.39 is 0 Å². The second-order valence-corrected chi connectivity index (χ2v) is 5.36. The predicted molar refractivity (Wildman–Crippen MR) is 71.6 cm³/mol. The second kappa shape index (κ2) is 6.04. The van der Waals surface area contributed by atoms with E-state index in [1.54, 1.807) is 0 Å². The van der Waals surface area contributed by atoms with E-state index in [1.165, 1.54) is 0 Å². The normalized spacial score (nSPS) is 10.6. The average Bonchev–Trinajstić information content (AvgIpc) is 2.20. The lowest BCUT2D eigenvalue weighted by Gasteiger charge is -2.09. The maximum atomic E-state index is 11.7. The van der Waals surface area contributed by atoms with Crippen molar-refractivity contribution in [3.63, 3.8) is 0 Å². The van der Waals surface area contributed by atoms with Crippen LogP contribution in [-0.4, -0.2) is 5.91 Å². The molecule has 1 aromatic rings. The number of aryl methyl sites for hydroxylation is 1. The average molecular weight is 284 g/mol. The SMILES string of the molecule is Cc1ccc(Br)cc1NC(=O)CCC(C)C. The maximum Gasteiger partial charge on any atom is 0.224 e. The Balaban J connectivity index is 2.59. The fourth-order valence-corrected chi connectivity index (χ4v) is 1.72. The summed E-state index contributed by atoms with van der Waals surface area (Å²) in [5, 5.41) is 2.94. The van der Waals surface area contributed by atoms with Gasteiger partial charge in [-0.2, -0.15) is 0 Å². The molecule has 0 aliphatic heterocycles. The molecular formula is C13H18BrNO. The summed E-state index contributed by atoms with van der Waals surface area (Å²) < 4.78 is 0.984. The molecule has 0 aliphatic rings. The van der Waals surface area contributed by atoms with Crippen molar-refractivity contribution < 1.29 is 4.79 Å². The van der Waals surface area contributed by atoms with Crippen molar-refractivity contribution in [1.29, 1.82) is 0 Å². The molecule has 3 heteroatoms. The van der Waals surface area contributed by atoms with Crippen LogP contribution in [0.5, 0.6) is 0 Å². The van der Waals surface area contributed by atoms with Crippen LogP contribution in [0.4, 0.5) is 5.69 Å². The van der Waals surface area contributed by atoms with E-state index >= 15 is 0 Å². The summed E-state index contributed by atoms with van der Waals surface area (Å²) in [7, 11) is 0. The van der Waals surface area contributed by atoms with Crippen molar-refractivity contribution in [2.45, 2.75) is 33.6 Å². The molecule has 0 unspecified atom stereocenters. The number of carbonyl (C=O) groups is 1. The van der Waals surface area contributed by atoms with Gasteiger partial charge in [-0.1, -0.05) is 35.8 Å². The molecule has 0 spiro atoms. The van der Waals surface area contributed by atoms with Gasteiger partial charge in [0.1, 0.15) is 0 Å². The Morgan fingerprint density at radius 3 is 2.75 bits per heavy atom. The van der Waals surface area contributed by atoms with E-state index in [1.807, 2.05) is 25.1 Å². The Bertz CT molecular complexity index is 374. The Hall–Kier alpha value is -0.830. The summed E-state index contributed by atoms with van der Waals surface area (Å²) in [6, 6.07) is 5.89. The zero-order chi connectivity index (χ0) is 12.1. The summed E-state index contributed by atoms with van der Waals surface area (Å²) in [4.78, 5) is 11.7. The van der Waals surface area contributed by atoms with E-state index in [-0.39, 0.29) is 5.91 Å². The van der Waals surface area contributed by atoms with Gasteiger partial charge in [-0.25, -0.2) is 0 Å². The molecule has 0 atom stereocenters. The first-order valence-electron chi connectivity index (χ1n) is 5.55. The van der Waals surface area contributed by atoms with Gasteiger partial charge in [-0.3, -0.25) is 4.79 Å². The molecule has 88 valence electrons. The minimum absolute atomic E-state index is 0.0925. The zero-order valence-electron chi connectivity index (χ0n) is 10.0. The Labute approximate surface area is 106 Å². The molecular weight excluding hydrogens is 266 g/mol. The molecule has 1 N–H and O–H groups in total. The molecule has 0 heterocycles. The number of amides is 1. The van der Waals surface area contributed by atoms with Crippen LogP contribution >= 0.6 is 15.9 Å². The van der Waals surface area contributed by atoms with Gasteiger partial charge in [0, 0.05) is 16.6 Å². The van der Waals surface area contributed by atoms with Crippen LogP contribution in [0.3, 0.4) is 0 Å². The van der Waals surface area contributed by atoms with Gasteiger partial charge < -0.3 is 5.32 Å².